The number of carbonyl (C=O) groups is 1. The van der Waals surface area contributed by atoms with Crippen LogP contribution in [0.3, 0.4) is 0 Å². The highest BCUT2D eigenvalue weighted by molar-refractivity contribution is 5.68. The molecule has 1 unspecified atom stereocenters. The molecule has 2 heterocycles. The number of aliphatic carboxylic acids is 1. The predicted molar refractivity (Wildman–Crippen MR) is 120 cm³/mol. The maximum absolute atomic E-state index is 11.0. The monoisotopic (exact) mass is 433 g/mol. The number of hydrogen-bond donors (Lipinski definition) is 2. The largest absolute Gasteiger partial charge is 0.493 e. The van der Waals surface area contributed by atoms with Gasteiger partial charge in [-0.3, -0.25) is 4.79 Å². The Labute approximate surface area is 187 Å². The van der Waals surface area contributed by atoms with Crippen LogP contribution in [0.15, 0.2) is 53.9 Å². The van der Waals surface area contributed by atoms with E-state index in [9.17, 15) is 4.79 Å². The van der Waals surface area contributed by atoms with E-state index in [1.54, 1.807) is 12.1 Å². The van der Waals surface area contributed by atoms with Crippen molar-refractivity contribution in [2.75, 3.05) is 24.6 Å². The molecule has 0 spiro atoms. The average Bonchev–Trinajstić information content (AvgIpc) is 3.18. The van der Waals surface area contributed by atoms with E-state index in [4.69, 9.17) is 19.8 Å². The molecule has 7 heteroatoms. The SMILES string of the molecule is CC1=C(CCOc2cccc3c2CCCN3CCC(=O)O)NC(c2ccc(C#N)cc2)O1. The molecule has 0 aromatic heterocycles. The number of nitrogens with one attached hydrogen (secondary N) is 1. The molecule has 4 rings (SSSR count). The zero-order chi connectivity index (χ0) is 22.5. The first-order valence-electron chi connectivity index (χ1n) is 10.9. The number of nitriles is 1. The van der Waals surface area contributed by atoms with E-state index in [1.807, 2.05) is 37.3 Å². The van der Waals surface area contributed by atoms with E-state index >= 15 is 0 Å². The molecule has 2 aromatic carbocycles. The zero-order valence-electron chi connectivity index (χ0n) is 18.1. The molecular weight excluding hydrogens is 406 g/mol. The van der Waals surface area contributed by atoms with Crippen LogP contribution in [0.2, 0.25) is 0 Å². The molecule has 0 fully saturated rings. The molecule has 166 valence electrons. The number of anilines is 1. The quantitative estimate of drug-likeness (QED) is 0.647. The van der Waals surface area contributed by atoms with Gasteiger partial charge in [0.15, 0.2) is 6.23 Å². The van der Waals surface area contributed by atoms with Crippen molar-refractivity contribution in [3.63, 3.8) is 0 Å². The van der Waals surface area contributed by atoms with Crippen molar-refractivity contribution in [2.45, 2.75) is 38.8 Å². The number of nitrogens with zero attached hydrogens (tertiary/aromatic N) is 2. The standard InChI is InChI=1S/C25H27N3O4/c1-17-21(27-25(32-17)19-9-7-18(16-26)8-10-19)12-15-31-23-6-2-5-22-20(23)4-3-13-28(22)14-11-24(29)30/h2,5-10,25,27H,3-4,11-15H2,1H3,(H,29,30). The number of ether oxygens (including phenoxy) is 2. The fourth-order valence-corrected chi connectivity index (χ4v) is 4.20. The van der Waals surface area contributed by atoms with Gasteiger partial charge in [0, 0.05) is 36.3 Å². The Morgan fingerprint density at radius 2 is 2.12 bits per heavy atom. The summed E-state index contributed by atoms with van der Waals surface area (Å²) in [5, 5.41) is 21.4. The molecule has 2 aliphatic heterocycles. The first-order valence-corrected chi connectivity index (χ1v) is 10.9. The van der Waals surface area contributed by atoms with Gasteiger partial charge in [-0.2, -0.15) is 5.26 Å². The molecule has 0 aliphatic carbocycles. The number of hydrogen-bond acceptors (Lipinski definition) is 6. The van der Waals surface area contributed by atoms with Crippen molar-refractivity contribution in [3.05, 3.63) is 70.6 Å². The van der Waals surface area contributed by atoms with Gasteiger partial charge in [-0.15, -0.1) is 0 Å². The van der Waals surface area contributed by atoms with Crippen molar-refractivity contribution >= 4 is 11.7 Å². The van der Waals surface area contributed by atoms with Crippen LogP contribution in [0.25, 0.3) is 0 Å². The smallest absolute Gasteiger partial charge is 0.305 e. The Kier molecular flexibility index (Phi) is 6.50. The molecule has 2 N–H and O–H groups in total. The van der Waals surface area contributed by atoms with Gasteiger partial charge in [-0.05, 0) is 44.0 Å². The van der Waals surface area contributed by atoms with Crippen LogP contribution in [0.5, 0.6) is 5.75 Å². The topological polar surface area (TPSA) is 94.8 Å². The lowest BCUT2D eigenvalue weighted by Crippen LogP contribution is -2.31. The maximum Gasteiger partial charge on any atom is 0.305 e. The van der Waals surface area contributed by atoms with Gasteiger partial charge in [0.2, 0.25) is 0 Å². The second-order valence-corrected chi connectivity index (χ2v) is 8.00. The number of carboxylic acids is 1. The summed E-state index contributed by atoms with van der Waals surface area (Å²) in [5.74, 6) is 0.931. The number of rotatable bonds is 8. The normalized spacial score (nSPS) is 17.2. The maximum atomic E-state index is 11.0. The minimum atomic E-state index is -0.779. The molecule has 32 heavy (non-hydrogen) atoms. The van der Waals surface area contributed by atoms with Crippen molar-refractivity contribution < 1.29 is 19.4 Å². The third-order valence-electron chi connectivity index (χ3n) is 5.88. The number of fused-ring (bicyclic) bond motifs is 1. The van der Waals surface area contributed by atoms with E-state index in [1.165, 1.54) is 0 Å². The van der Waals surface area contributed by atoms with Crippen LogP contribution >= 0.6 is 0 Å². The van der Waals surface area contributed by atoms with Crippen LogP contribution < -0.4 is 15.0 Å². The van der Waals surface area contributed by atoms with Gasteiger partial charge in [-0.1, -0.05) is 18.2 Å². The molecule has 0 saturated heterocycles. The summed E-state index contributed by atoms with van der Waals surface area (Å²) >= 11 is 0. The second-order valence-electron chi connectivity index (χ2n) is 8.00. The second kappa shape index (κ2) is 9.65. The third kappa shape index (κ3) is 4.80. The minimum Gasteiger partial charge on any atom is -0.493 e. The summed E-state index contributed by atoms with van der Waals surface area (Å²) < 4.78 is 12.1. The van der Waals surface area contributed by atoms with Gasteiger partial charge in [0.05, 0.1) is 30.4 Å². The van der Waals surface area contributed by atoms with Gasteiger partial charge in [-0.25, -0.2) is 0 Å². The van der Waals surface area contributed by atoms with E-state index in [0.29, 0.717) is 25.1 Å². The third-order valence-corrected chi connectivity index (χ3v) is 5.88. The summed E-state index contributed by atoms with van der Waals surface area (Å²) in [7, 11) is 0. The summed E-state index contributed by atoms with van der Waals surface area (Å²) in [4.78, 5) is 13.1. The van der Waals surface area contributed by atoms with Gasteiger partial charge < -0.3 is 24.8 Å². The highest BCUT2D eigenvalue weighted by Crippen LogP contribution is 2.35. The Morgan fingerprint density at radius 1 is 1.31 bits per heavy atom. The lowest BCUT2D eigenvalue weighted by atomic mass is 10.0. The molecule has 0 saturated carbocycles. The summed E-state index contributed by atoms with van der Waals surface area (Å²) in [6.07, 6.45) is 2.47. The minimum absolute atomic E-state index is 0.129. The lowest BCUT2D eigenvalue weighted by molar-refractivity contribution is -0.136. The van der Waals surface area contributed by atoms with Crippen molar-refractivity contribution in [1.29, 1.82) is 5.26 Å². The molecule has 1 atom stereocenters. The van der Waals surface area contributed by atoms with Crippen LogP contribution in [0.1, 0.15) is 49.1 Å². The molecule has 0 amide bonds. The van der Waals surface area contributed by atoms with Gasteiger partial charge in [0.25, 0.3) is 0 Å². The highest BCUT2D eigenvalue weighted by atomic mass is 16.5. The van der Waals surface area contributed by atoms with Crippen LogP contribution in [0, 0.1) is 11.3 Å². The molecule has 2 aromatic rings. The van der Waals surface area contributed by atoms with Crippen LogP contribution in [-0.2, 0) is 16.0 Å². The molecular formula is C25H27N3O4. The summed E-state index contributed by atoms with van der Waals surface area (Å²) in [6.45, 7) is 3.83. The summed E-state index contributed by atoms with van der Waals surface area (Å²) in [5.41, 5.74) is 4.83. The predicted octanol–water partition coefficient (Wildman–Crippen LogP) is 4.10. The van der Waals surface area contributed by atoms with Gasteiger partial charge in [0.1, 0.15) is 11.5 Å². The Morgan fingerprint density at radius 3 is 2.88 bits per heavy atom. The van der Waals surface area contributed by atoms with Gasteiger partial charge >= 0.3 is 5.97 Å². The van der Waals surface area contributed by atoms with Crippen LogP contribution in [-0.4, -0.2) is 30.8 Å². The van der Waals surface area contributed by atoms with E-state index in [2.05, 4.69) is 16.3 Å². The fraction of sp³-hybridized carbons (Fsp3) is 0.360. The Hall–Kier alpha value is -3.66. The first-order chi connectivity index (χ1) is 15.5. The number of benzene rings is 2. The van der Waals surface area contributed by atoms with E-state index < -0.39 is 5.97 Å². The number of carboxylic acid groups (broad SMARTS) is 1. The van der Waals surface area contributed by atoms with E-state index in [0.717, 1.165) is 53.4 Å². The molecule has 0 bridgehead atoms. The van der Waals surface area contributed by atoms with Crippen LogP contribution in [0.4, 0.5) is 5.69 Å². The highest BCUT2D eigenvalue weighted by Gasteiger charge is 2.24. The zero-order valence-corrected chi connectivity index (χ0v) is 18.1. The Balaban J connectivity index is 1.35. The average molecular weight is 434 g/mol. The summed E-state index contributed by atoms with van der Waals surface area (Å²) in [6, 6.07) is 15.5. The Bertz CT molecular complexity index is 1060. The lowest BCUT2D eigenvalue weighted by Gasteiger charge is -2.32. The molecule has 7 nitrogen and oxygen atoms in total. The fourth-order valence-electron chi connectivity index (χ4n) is 4.20. The van der Waals surface area contributed by atoms with E-state index in [-0.39, 0.29) is 12.6 Å². The molecule has 2 aliphatic rings. The number of allylic oxidation sites excluding steroid dienone is 1. The van der Waals surface area contributed by atoms with Crippen molar-refractivity contribution in [1.82, 2.24) is 5.32 Å². The van der Waals surface area contributed by atoms with Crippen molar-refractivity contribution in [3.8, 4) is 11.8 Å². The molecule has 0 radical (unpaired) electrons. The first kappa shape index (κ1) is 21.6. The van der Waals surface area contributed by atoms with Crippen molar-refractivity contribution in [2.24, 2.45) is 0 Å².